The quantitative estimate of drug-likeness (QED) is 0.653. The molecule has 0 radical (unpaired) electrons. The van der Waals surface area contributed by atoms with Crippen molar-refractivity contribution in [3.05, 3.63) is 18.2 Å². The van der Waals surface area contributed by atoms with Gasteiger partial charge in [0, 0.05) is 18.4 Å². The smallest absolute Gasteiger partial charge is 0.208 e. The molecule has 0 saturated carbocycles. The number of ether oxygens (including phenoxy) is 3. The van der Waals surface area contributed by atoms with Crippen LogP contribution in [0.4, 0.5) is 5.69 Å². The number of methoxy groups -OCH3 is 2. The average Bonchev–Trinajstić information content (AvgIpc) is 2.50. The summed E-state index contributed by atoms with van der Waals surface area (Å²) in [5.41, 5.74) is 0.867. The summed E-state index contributed by atoms with van der Waals surface area (Å²) < 4.78 is 16.0. The maximum absolute atomic E-state index is 11.9. The summed E-state index contributed by atoms with van der Waals surface area (Å²) in [6.07, 6.45) is 0. The predicted octanol–water partition coefficient (Wildman–Crippen LogP) is 2.78. The first-order valence-corrected chi connectivity index (χ1v) is 7.85. The molecule has 0 unspecified atom stereocenters. The molecule has 5 nitrogen and oxygen atoms in total. The van der Waals surface area contributed by atoms with E-state index in [-0.39, 0.29) is 5.12 Å². The Bertz CT molecular complexity index is 453. The minimum absolute atomic E-state index is 0.118. The summed E-state index contributed by atoms with van der Waals surface area (Å²) in [6, 6.07) is 5.57. The van der Waals surface area contributed by atoms with Gasteiger partial charge in [0.2, 0.25) is 5.12 Å². The Hall–Kier alpha value is -1.40. The molecule has 0 aliphatic heterocycles. The van der Waals surface area contributed by atoms with Crippen LogP contribution in [-0.2, 0) is 9.53 Å². The number of hydrogen-bond acceptors (Lipinski definition) is 6. The van der Waals surface area contributed by atoms with Gasteiger partial charge in [-0.05, 0) is 24.8 Å². The van der Waals surface area contributed by atoms with E-state index in [0.717, 1.165) is 11.4 Å². The second-order valence-corrected chi connectivity index (χ2v) is 5.49. The molecule has 0 bridgehead atoms. The van der Waals surface area contributed by atoms with E-state index in [4.69, 9.17) is 14.2 Å². The minimum Gasteiger partial charge on any atom is -0.493 e. The van der Waals surface area contributed by atoms with Crippen LogP contribution in [0.25, 0.3) is 0 Å². The van der Waals surface area contributed by atoms with Crippen molar-refractivity contribution in [2.75, 3.05) is 44.8 Å². The van der Waals surface area contributed by atoms with Crippen molar-refractivity contribution < 1.29 is 19.0 Å². The van der Waals surface area contributed by atoms with Gasteiger partial charge in [-0.3, -0.25) is 4.79 Å². The lowest BCUT2D eigenvalue weighted by molar-refractivity contribution is -0.110. The summed E-state index contributed by atoms with van der Waals surface area (Å²) in [7, 11) is 3.18. The van der Waals surface area contributed by atoms with Gasteiger partial charge in [0.15, 0.2) is 11.5 Å². The molecule has 0 amide bonds. The molecule has 1 aromatic rings. The van der Waals surface area contributed by atoms with Crippen LogP contribution in [0.2, 0.25) is 0 Å². The van der Waals surface area contributed by atoms with Gasteiger partial charge in [0.05, 0.1) is 20.8 Å². The molecule has 6 heteroatoms. The van der Waals surface area contributed by atoms with Crippen LogP contribution in [-0.4, -0.2) is 45.0 Å². The average molecular weight is 313 g/mol. The number of carbonyl (C=O) groups is 1. The molecule has 0 spiro atoms. The summed E-state index contributed by atoms with van der Waals surface area (Å²) in [5.74, 6) is 2.06. The number of benzene rings is 1. The highest BCUT2D eigenvalue weighted by Crippen LogP contribution is 2.31. The van der Waals surface area contributed by atoms with Gasteiger partial charge in [0.25, 0.3) is 0 Å². The minimum atomic E-state index is 0.118. The lowest BCUT2D eigenvalue weighted by atomic mass is 10.2. The number of carbonyl (C=O) groups excluding carboxylic acids is 1. The van der Waals surface area contributed by atoms with E-state index in [2.05, 4.69) is 0 Å². The van der Waals surface area contributed by atoms with Crippen molar-refractivity contribution >= 4 is 22.6 Å². The fourth-order valence-corrected chi connectivity index (χ4v) is 2.37. The van der Waals surface area contributed by atoms with Crippen LogP contribution in [0.15, 0.2) is 18.2 Å². The Morgan fingerprint density at radius 2 is 1.90 bits per heavy atom. The largest absolute Gasteiger partial charge is 0.493 e. The van der Waals surface area contributed by atoms with Crippen molar-refractivity contribution in [2.45, 2.75) is 13.8 Å². The van der Waals surface area contributed by atoms with E-state index in [1.165, 1.54) is 11.8 Å². The van der Waals surface area contributed by atoms with Crippen LogP contribution in [0, 0.1) is 0 Å². The second-order valence-electron chi connectivity index (χ2n) is 4.16. The molecule has 0 saturated heterocycles. The van der Waals surface area contributed by atoms with Gasteiger partial charge in [0.1, 0.15) is 6.73 Å². The zero-order chi connectivity index (χ0) is 15.7. The molecule has 118 valence electrons. The van der Waals surface area contributed by atoms with Gasteiger partial charge >= 0.3 is 0 Å². The van der Waals surface area contributed by atoms with E-state index >= 15 is 0 Å². The fraction of sp³-hybridized carbons (Fsp3) is 0.533. The molecule has 1 rings (SSSR count). The van der Waals surface area contributed by atoms with Gasteiger partial charge in [-0.2, -0.15) is 0 Å². The zero-order valence-electron chi connectivity index (χ0n) is 13.0. The van der Waals surface area contributed by atoms with E-state index in [0.29, 0.717) is 31.4 Å². The van der Waals surface area contributed by atoms with Gasteiger partial charge in [-0.15, -0.1) is 0 Å². The first-order chi connectivity index (χ1) is 10.2. The highest BCUT2D eigenvalue weighted by atomic mass is 32.2. The van der Waals surface area contributed by atoms with Crippen LogP contribution < -0.4 is 14.4 Å². The maximum Gasteiger partial charge on any atom is 0.208 e. The van der Waals surface area contributed by atoms with E-state index in [1.54, 1.807) is 14.2 Å². The normalized spacial score (nSPS) is 10.3. The number of thioether (sulfide) groups is 1. The third-order valence-corrected chi connectivity index (χ3v) is 3.55. The Labute approximate surface area is 130 Å². The highest BCUT2D eigenvalue weighted by Gasteiger charge is 2.14. The maximum atomic E-state index is 11.9. The lowest BCUT2D eigenvalue weighted by Crippen LogP contribution is -2.31. The van der Waals surface area contributed by atoms with Crippen LogP contribution in [0.3, 0.4) is 0 Å². The van der Waals surface area contributed by atoms with Gasteiger partial charge in [-0.1, -0.05) is 18.7 Å². The number of anilines is 1. The van der Waals surface area contributed by atoms with Crippen LogP contribution >= 0.6 is 11.8 Å². The predicted molar refractivity (Wildman–Crippen MR) is 86.5 cm³/mol. The molecular weight excluding hydrogens is 290 g/mol. The highest BCUT2D eigenvalue weighted by molar-refractivity contribution is 8.13. The summed E-state index contributed by atoms with van der Waals surface area (Å²) >= 11 is 1.31. The van der Waals surface area contributed by atoms with Crippen molar-refractivity contribution in [1.29, 1.82) is 0 Å². The molecule has 0 heterocycles. The standard InChI is InChI=1S/C15H23NO4S/c1-5-20-11-16(10-15(17)21-6-2)12-7-8-13(18-3)14(9-12)19-4/h7-9H,5-6,10-11H2,1-4H3. The SMILES string of the molecule is CCOCN(CC(=O)SCC)c1ccc(OC)c(OC)c1. The number of nitrogens with zero attached hydrogens (tertiary/aromatic N) is 1. The molecule has 0 aliphatic rings. The number of rotatable bonds is 9. The third kappa shape index (κ3) is 5.47. The molecular formula is C15H23NO4S. The van der Waals surface area contributed by atoms with E-state index in [9.17, 15) is 4.79 Å². The molecule has 0 aliphatic carbocycles. The van der Waals surface area contributed by atoms with Crippen molar-refractivity contribution in [3.63, 3.8) is 0 Å². The van der Waals surface area contributed by atoms with Gasteiger partial charge in [-0.25, -0.2) is 0 Å². The van der Waals surface area contributed by atoms with Crippen molar-refractivity contribution in [2.24, 2.45) is 0 Å². The van der Waals surface area contributed by atoms with Gasteiger partial charge < -0.3 is 19.1 Å². The van der Waals surface area contributed by atoms with E-state index in [1.807, 2.05) is 36.9 Å². The lowest BCUT2D eigenvalue weighted by Gasteiger charge is -2.24. The van der Waals surface area contributed by atoms with Crippen LogP contribution in [0.5, 0.6) is 11.5 Å². The first-order valence-electron chi connectivity index (χ1n) is 6.86. The third-order valence-electron chi connectivity index (χ3n) is 2.81. The Morgan fingerprint density at radius 1 is 1.19 bits per heavy atom. The Kier molecular flexibility index (Phi) is 8.00. The molecule has 0 fully saturated rings. The molecule has 0 atom stereocenters. The zero-order valence-corrected chi connectivity index (χ0v) is 13.9. The van der Waals surface area contributed by atoms with E-state index < -0.39 is 0 Å². The topological polar surface area (TPSA) is 48.0 Å². The Balaban J connectivity index is 2.93. The molecule has 21 heavy (non-hydrogen) atoms. The second kappa shape index (κ2) is 9.52. The summed E-state index contributed by atoms with van der Waals surface area (Å²) in [4.78, 5) is 13.8. The monoisotopic (exact) mass is 313 g/mol. The van der Waals surface area contributed by atoms with Crippen molar-refractivity contribution in [1.82, 2.24) is 0 Å². The molecule has 1 aromatic carbocycles. The molecule has 0 aromatic heterocycles. The fourth-order valence-electron chi connectivity index (χ4n) is 1.80. The van der Waals surface area contributed by atoms with Crippen molar-refractivity contribution in [3.8, 4) is 11.5 Å². The number of hydrogen-bond donors (Lipinski definition) is 0. The summed E-state index contributed by atoms with van der Waals surface area (Å²) in [6.45, 7) is 5.15. The van der Waals surface area contributed by atoms with Crippen LogP contribution in [0.1, 0.15) is 13.8 Å². The molecule has 0 N–H and O–H groups in total. The first kappa shape index (κ1) is 17.7. The summed E-state index contributed by atoms with van der Waals surface area (Å²) in [5, 5.41) is 0.118. The Morgan fingerprint density at radius 3 is 2.48 bits per heavy atom.